The fraction of sp³-hybridized carbons (Fsp3) is 0.182. The number of rotatable bonds is 4. The summed E-state index contributed by atoms with van der Waals surface area (Å²) in [7, 11) is -2.09. The standard InChI is InChI=1S/C11H14N4O2S/c1-15(10-4-2-9(8-12)3-5-10)18(16,17)11-6-7-13-14-11/h2-7H,8,12H2,1H3,(H,13,14). The van der Waals surface area contributed by atoms with E-state index in [1.807, 2.05) is 0 Å². The molecule has 0 aliphatic carbocycles. The molecule has 0 aliphatic rings. The molecule has 0 unspecified atom stereocenters. The zero-order valence-electron chi connectivity index (χ0n) is 9.87. The molecule has 0 amide bonds. The van der Waals surface area contributed by atoms with Crippen molar-refractivity contribution in [2.45, 2.75) is 11.6 Å². The van der Waals surface area contributed by atoms with Crippen molar-refractivity contribution in [2.75, 3.05) is 11.4 Å². The van der Waals surface area contributed by atoms with E-state index in [4.69, 9.17) is 5.73 Å². The molecule has 0 aliphatic heterocycles. The predicted octanol–water partition coefficient (Wildman–Crippen LogP) is 0.694. The van der Waals surface area contributed by atoms with Crippen LogP contribution in [0.4, 0.5) is 5.69 Å². The third kappa shape index (κ3) is 2.22. The van der Waals surface area contributed by atoms with Gasteiger partial charge in [0.15, 0.2) is 5.03 Å². The van der Waals surface area contributed by atoms with Crippen LogP contribution in [0.2, 0.25) is 0 Å². The Bertz CT molecular complexity index is 605. The largest absolute Gasteiger partial charge is 0.326 e. The maximum atomic E-state index is 12.2. The molecular formula is C11H14N4O2S. The molecule has 0 saturated carbocycles. The van der Waals surface area contributed by atoms with Crippen molar-refractivity contribution >= 4 is 15.7 Å². The number of hydrogen-bond donors (Lipinski definition) is 2. The Hall–Kier alpha value is -1.86. The van der Waals surface area contributed by atoms with Gasteiger partial charge in [-0.2, -0.15) is 13.5 Å². The van der Waals surface area contributed by atoms with Crippen LogP contribution in [0.1, 0.15) is 5.56 Å². The van der Waals surface area contributed by atoms with E-state index in [-0.39, 0.29) is 5.03 Å². The van der Waals surface area contributed by atoms with E-state index >= 15 is 0 Å². The first-order valence-electron chi connectivity index (χ1n) is 5.33. The summed E-state index contributed by atoms with van der Waals surface area (Å²) in [6.07, 6.45) is 1.40. The molecule has 3 N–H and O–H groups in total. The molecule has 0 radical (unpaired) electrons. The summed E-state index contributed by atoms with van der Waals surface area (Å²) in [6.45, 7) is 0.428. The fourth-order valence-electron chi connectivity index (χ4n) is 1.52. The zero-order chi connectivity index (χ0) is 13.2. The second kappa shape index (κ2) is 4.79. The van der Waals surface area contributed by atoms with Crippen molar-refractivity contribution in [2.24, 2.45) is 5.73 Å². The molecule has 6 nitrogen and oxygen atoms in total. The van der Waals surface area contributed by atoms with Crippen LogP contribution in [-0.2, 0) is 16.6 Å². The van der Waals surface area contributed by atoms with Gasteiger partial charge in [0.25, 0.3) is 10.0 Å². The van der Waals surface area contributed by atoms with Crippen LogP contribution < -0.4 is 10.0 Å². The lowest BCUT2D eigenvalue weighted by atomic mass is 10.2. The highest BCUT2D eigenvalue weighted by atomic mass is 32.2. The van der Waals surface area contributed by atoms with Gasteiger partial charge in [-0.05, 0) is 23.8 Å². The van der Waals surface area contributed by atoms with Gasteiger partial charge < -0.3 is 5.73 Å². The van der Waals surface area contributed by atoms with E-state index in [2.05, 4.69) is 10.2 Å². The molecule has 0 fully saturated rings. The normalized spacial score (nSPS) is 11.4. The number of aromatic amines is 1. The van der Waals surface area contributed by atoms with Gasteiger partial charge in [-0.1, -0.05) is 12.1 Å². The van der Waals surface area contributed by atoms with Crippen LogP contribution in [0.5, 0.6) is 0 Å². The quantitative estimate of drug-likeness (QED) is 0.851. The van der Waals surface area contributed by atoms with Gasteiger partial charge >= 0.3 is 0 Å². The average Bonchev–Trinajstić information content (AvgIpc) is 2.92. The highest BCUT2D eigenvalue weighted by Gasteiger charge is 2.22. The van der Waals surface area contributed by atoms with Crippen LogP contribution >= 0.6 is 0 Å². The average molecular weight is 266 g/mol. The first-order chi connectivity index (χ1) is 8.55. The first-order valence-corrected chi connectivity index (χ1v) is 6.77. The van der Waals surface area contributed by atoms with Crippen LogP contribution in [0, 0.1) is 0 Å². The summed E-state index contributed by atoms with van der Waals surface area (Å²) in [6, 6.07) is 8.45. The zero-order valence-corrected chi connectivity index (χ0v) is 10.7. The van der Waals surface area contributed by atoms with Crippen molar-refractivity contribution in [3.8, 4) is 0 Å². The minimum absolute atomic E-state index is 0.0629. The summed E-state index contributed by atoms with van der Waals surface area (Å²) in [4.78, 5) is 0. The Morgan fingerprint density at radius 3 is 2.44 bits per heavy atom. The minimum atomic E-state index is -3.58. The van der Waals surface area contributed by atoms with Crippen molar-refractivity contribution in [1.82, 2.24) is 10.2 Å². The van der Waals surface area contributed by atoms with E-state index in [0.717, 1.165) is 5.56 Å². The number of nitrogens with zero attached hydrogens (tertiary/aromatic N) is 2. The maximum absolute atomic E-state index is 12.2. The van der Waals surface area contributed by atoms with E-state index < -0.39 is 10.0 Å². The smallest absolute Gasteiger partial charge is 0.281 e. The topological polar surface area (TPSA) is 92.1 Å². The fourth-order valence-corrected chi connectivity index (χ4v) is 2.61. The molecule has 1 aromatic carbocycles. The molecule has 2 aromatic rings. The Morgan fingerprint density at radius 2 is 1.94 bits per heavy atom. The lowest BCUT2D eigenvalue weighted by Crippen LogP contribution is -2.26. The van der Waals surface area contributed by atoms with Gasteiger partial charge in [-0.3, -0.25) is 9.40 Å². The summed E-state index contributed by atoms with van der Waals surface area (Å²) >= 11 is 0. The summed E-state index contributed by atoms with van der Waals surface area (Å²) in [5, 5.41) is 6.16. The van der Waals surface area contributed by atoms with Crippen molar-refractivity contribution < 1.29 is 8.42 Å². The van der Waals surface area contributed by atoms with E-state index in [0.29, 0.717) is 12.2 Å². The second-order valence-electron chi connectivity index (χ2n) is 3.76. The highest BCUT2D eigenvalue weighted by Crippen LogP contribution is 2.20. The molecule has 2 rings (SSSR count). The van der Waals surface area contributed by atoms with Gasteiger partial charge in [-0.15, -0.1) is 0 Å². The Labute approximate surface area is 105 Å². The number of anilines is 1. The van der Waals surface area contributed by atoms with Crippen LogP contribution in [0.15, 0.2) is 41.6 Å². The molecule has 1 heterocycles. The number of sulfonamides is 1. The SMILES string of the molecule is CN(c1ccc(CN)cc1)S(=O)(=O)c1ccn[nH]1. The molecule has 0 atom stereocenters. The molecule has 18 heavy (non-hydrogen) atoms. The van der Waals surface area contributed by atoms with Gasteiger partial charge in [0.05, 0.1) is 11.9 Å². The third-order valence-electron chi connectivity index (χ3n) is 2.65. The van der Waals surface area contributed by atoms with E-state index in [1.54, 1.807) is 24.3 Å². The molecule has 1 aromatic heterocycles. The Balaban J connectivity index is 2.33. The van der Waals surface area contributed by atoms with Crippen LogP contribution in [0.3, 0.4) is 0 Å². The number of hydrogen-bond acceptors (Lipinski definition) is 4. The van der Waals surface area contributed by atoms with Crippen molar-refractivity contribution in [1.29, 1.82) is 0 Å². The summed E-state index contributed by atoms with van der Waals surface area (Å²) in [5.74, 6) is 0. The number of aromatic nitrogens is 2. The highest BCUT2D eigenvalue weighted by molar-refractivity contribution is 7.92. The number of nitrogens with two attached hydrogens (primary N) is 1. The van der Waals surface area contributed by atoms with Crippen LogP contribution in [0.25, 0.3) is 0 Å². The summed E-state index contributed by atoms with van der Waals surface area (Å²) in [5.41, 5.74) is 7.02. The maximum Gasteiger partial charge on any atom is 0.281 e. The Morgan fingerprint density at radius 1 is 1.28 bits per heavy atom. The monoisotopic (exact) mass is 266 g/mol. The first kappa shape index (κ1) is 12.6. The molecule has 0 bridgehead atoms. The predicted molar refractivity (Wildman–Crippen MR) is 68.5 cm³/mol. The van der Waals surface area contributed by atoms with Crippen LogP contribution in [-0.4, -0.2) is 25.7 Å². The van der Waals surface area contributed by atoms with E-state index in [9.17, 15) is 8.42 Å². The van der Waals surface area contributed by atoms with E-state index in [1.165, 1.54) is 23.6 Å². The Kier molecular flexibility index (Phi) is 3.35. The molecule has 7 heteroatoms. The number of H-pyrrole nitrogens is 1. The molecule has 0 spiro atoms. The van der Waals surface area contributed by atoms with Crippen molar-refractivity contribution in [3.63, 3.8) is 0 Å². The molecule has 0 saturated heterocycles. The van der Waals surface area contributed by atoms with Gasteiger partial charge in [0.1, 0.15) is 0 Å². The van der Waals surface area contributed by atoms with Gasteiger partial charge in [-0.25, -0.2) is 0 Å². The lowest BCUT2D eigenvalue weighted by molar-refractivity contribution is 0.590. The minimum Gasteiger partial charge on any atom is -0.326 e. The number of benzene rings is 1. The van der Waals surface area contributed by atoms with Gasteiger partial charge in [0.2, 0.25) is 0 Å². The van der Waals surface area contributed by atoms with Crippen molar-refractivity contribution in [3.05, 3.63) is 42.1 Å². The number of nitrogens with one attached hydrogen (secondary N) is 1. The molecular weight excluding hydrogens is 252 g/mol. The lowest BCUT2D eigenvalue weighted by Gasteiger charge is -2.18. The molecule has 96 valence electrons. The summed E-state index contributed by atoms with van der Waals surface area (Å²) < 4.78 is 25.6. The van der Waals surface area contributed by atoms with Gasteiger partial charge in [0, 0.05) is 13.6 Å². The second-order valence-corrected chi connectivity index (χ2v) is 5.70. The third-order valence-corrected chi connectivity index (χ3v) is 4.36.